The van der Waals surface area contributed by atoms with Gasteiger partial charge < -0.3 is 15.1 Å². The zero-order valence-electron chi connectivity index (χ0n) is 17.3. The predicted molar refractivity (Wildman–Crippen MR) is 127 cm³/mol. The zero-order valence-corrected chi connectivity index (χ0v) is 18.8. The van der Waals surface area contributed by atoms with E-state index in [-0.39, 0.29) is 11.8 Å². The van der Waals surface area contributed by atoms with Crippen LogP contribution < -0.4 is 4.90 Å². The molecule has 7 heteroatoms. The molecule has 1 fully saturated rings. The van der Waals surface area contributed by atoms with Gasteiger partial charge in [-0.3, -0.25) is 4.90 Å². The molecule has 3 aromatic carbocycles. The van der Waals surface area contributed by atoms with Crippen LogP contribution in [-0.2, 0) is 0 Å². The SMILES string of the molecule is N#Cc1ccc([C@H](O)CN2CCN(c3ccc(O)cc3Cl)[C@H](c3ccc(Cl)cc3)C2)cc1. The van der Waals surface area contributed by atoms with Crippen LogP contribution in [0.15, 0.2) is 66.7 Å². The Bertz CT molecular complexity index is 1110. The first kappa shape index (κ1) is 22.4. The summed E-state index contributed by atoms with van der Waals surface area (Å²) in [5, 5.41) is 30.7. The number of nitriles is 1. The summed E-state index contributed by atoms with van der Waals surface area (Å²) in [5.41, 5.74) is 3.31. The molecular weight excluding hydrogens is 445 g/mol. The van der Waals surface area contributed by atoms with E-state index in [9.17, 15) is 10.2 Å². The minimum Gasteiger partial charge on any atom is -0.508 e. The lowest BCUT2D eigenvalue weighted by Crippen LogP contribution is -2.49. The Hall–Kier alpha value is -2.75. The molecular formula is C25H23Cl2N3O2. The van der Waals surface area contributed by atoms with Crippen LogP contribution in [-0.4, -0.2) is 41.3 Å². The van der Waals surface area contributed by atoms with E-state index in [1.165, 1.54) is 0 Å². The maximum atomic E-state index is 10.8. The summed E-state index contributed by atoms with van der Waals surface area (Å²) in [6.07, 6.45) is -0.655. The highest BCUT2D eigenvalue weighted by Crippen LogP contribution is 2.37. The van der Waals surface area contributed by atoms with E-state index in [0.29, 0.717) is 35.2 Å². The minimum atomic E-state index is -0.655. The maximum absolute atomic E-state index is 10.8. The van der Waals surface area contributed by atoms with E-state index in [1.54, 1.807) is 36.4 Å². The minimum absolute atomic E-state index is 0.00350. The number of anilines is 1. The van der Waals surface area contributed by atoms with Crippen molar-refractivity contribution in [1.82, 2.24) is 4.90 Å². The number of β-amino-alcohol motifs (C(OH)–C–C–N with tert-alkyl or cyclic N) is 1. The maximum Gasteiger partial charge on any atom is 0.117 e. The van der Waals surface area contributed by atoms with Gasteiger partial charge in [0.05, 0.1) is 34.5 Å². The molecule has 1 heterocycles. The number of phenols is 1. The van der Waals surface area contributed by atoms with E-state index in [1.807, 2.05) is 30.3 Å². The Morgan fingerprint density at radius 2 is 1.72 bits per heavy atom. The smallest absolute Gasteiger partial charge is 0.117 e. The standard InChI is InChI=1S/C25H23Cl2N3O2/c26-20-7-5-18(6-8-20)24-15-29(16-25(32)19-3-1-17(14-28)2-4-19)11-12-30(24)23-10-9-21(31)13-22(23)27/h1-10,13,24-25,31-32H,11-12,15-16H2/t24-,25+/m0/s1. The molecule has 2 N–H and O–H groups in total. The Kier molecular flexibility index (Phi) is 6.88. The van der Waals surface area contributed by atoms with Gasteiger partial charge in [0.15, 0.2) is 0 Å². The summed E-state index contributed by atoms with van der Waals surface area (Å²) < 4.78 is 0. The summed E-state index contributed by atoms with van der Waals surface area (Å²) in [6.45, 7) is 2.62. The van der Waals surface area contributed by atoms with E-state index < -0.39 is 6.10 Å². The van der Waals surface area contributed by atoms with Gasteiger partial charge in [0.2, 0.25) is 0 Å². The van der Waals surface area contributed by atoms with E-state index in [2.05, 4.69) is 15.9 Å². The van der Waals surface area contributed by atoms with Gasteiger partial charge in [0.1, 0.15) is 5.75 Å². The van der Waals surface area contributed by atoms with Crippen LogP contribution in [0.25, 0.3) is 0 Å². The number of hydrogen-bond donors (Lipinski definition) is 2. The molecule has 0 bridgehead atoms. The fourth-order valence-corrected chi connectivity index (χ4v) is 4.53. The molecule has 0 aliphatic carbocycles. The topological polar surface area (TPSA) is 70.7 Å². The summed E-state index contributed by atoms with van der Waals surface area (Å²) in [6, 6.07) is 21.9. The highest BCUT2D eigenvalue weighted by atomic mass is 35.5. The number of halogens is 2. The van der Waals surface area contributed by atoms with Crippen molar-refractivity contribution < 1.29 is 10.2 Å². The van der Waals surface area contributed by atoms with Gasteiger partial charge in [-0.1, -0.05) is 47.5 Å². The Balaban J connectivity index is 1.56. The lowest BCUT2D eigenvalue weighted by atomic mass is 10.00. The van der Waals surface area contributed by atoms with Crippen molar-refractivity contribution in [3.63, 3.8) is 0 Å². The summed E-state index contributed by atoms with van der Waals surface area (Å²) in [4.78, 5) is 4.46. The van der Waals surface area contributed by atoms with Crippen LogP contribution >= 0.6 is 23.2 Å². The molecule has 1 saturated heterocycles. The number of phenolic OH excluding ortho intramolecular Hbond substituents is 1. The Labute approximate surface area is 197 Å². The fraction of sp³-hybridized carbons (Fsp3) is 0.240. The van der Waals surface area contributed by atoms with Crippen molar-refractivity contribution in [3.05, 3.63) is 93.5 Å². The first-order valence-corrected chi connectivity index (χ1v) is 11.1. The van der Waals surface area contributed by atoms with Crippen molar-refractivity contribution in [3.8, 4) is 11.8 Å². The van der Waals surface area contributed by atoms with Crippen molar-refractivity contribution in [1.29, 1.82) is 5.26 Å². The average molecular weight is 468 g/mol. The van der Waals surface area contributed by atoms with Gasteiger partial charge in [-0.15, -0.1) is 0 Å². The van der Waals surface area contributed by atoms with Gasteiger partial charge in [0.25, 0.3) is 0 Å². The molecule has 5 nitrogen and oxygen atoms in total. The molecule has 1 aliphatic heterocycles. The summed E-state index contributed by atoms with van der Waals surface area (Å²) in [7, 11) is 0. The third kappa shape index (κ3) is 5.01. The van der Waals surface area contributed by atoms with Gasteiger partial charge in [-0.2, -0.15) is 5.26 Å². The summed E-state index contributed by atoms with van der Waals surface area (Å²) >= 11 is 12.6. The largest absolute Gasteiger partial charge is 0.508 e. The predicted octanol–water partition coefficient (Wildman–Crippen LogP) is 5.17. The van der Waals surface area contributed by atoms with E-state index in [0.717, 1.165) is 23.4 Å². The third-order valence-electron chi connectivity index (χ3n) is 5.82. The number of aliphatic hydroxyl groups excluding tert-OH is 1. The first-order valence-electron chi connectivity index (χ1n) is 10.4. The highest BCUT2D eigenvalue weighted by Gasteiger charge is 2.30. The monoisotopic (exact) mass is 467 g/mol. The van der Waals surface area contributed by atoms with Crippen LogP contribution in [0, 0.1) is 11.3 Å². The van der Waals surface area contributed by atoms with E-state index >= 15 is 0 Å². The molecule has 164 valence electrons. The van der Waals surface area contributed by atoms with Gasteiger partial charge in [0, 0.05) is 37.3 Å². The Morgan fingerprint density at radius 3 is 2.38 bits per heavy atom. The van der Waals surface area contributed by atoms with Gasteiger partial charge >= 0.3 is 0 Å². The fourth-order valence-electron chi connectivity index (χ4n) is 4.12. The van der Waals surface area contributed by atoms with Gasteiger partial charge in [-0.05, 0) is 47.5 Å². The van der Waals surface area contributed by atoms with Crippen LogP contribution in [0.2, 0.25) is 10.0 Å². The molecule has 2 atom stereocenters. The molecule has 0 saturated carbocycles. The second kappa shape index (κ2) is 9.81. The molecule has 32 heavy (non-hydrogen) atoms. The van der Waals surface area contributed by atoms with Crippen LogP contribution in [0.4, 0.5) is 5.69 Å². The molecule has 4 rings (SSSR count). The number of piperazine rings is 1. The molecule has 0 radical (unpaired) electrons. The van der Waals surface area contributed by atoms with E-state index in [4.69, 9.17) is 28.5 Å². The van der Waals surface area contributed by atoms with Crippen molar-refractivity contribution in [2.24, 2.45) is 0 Å². The lowest BCUT2D eigenvalue weighted by molar-refractivity contribution is 0.100. The quantitative estimate of drug-likeness (QED) is 0.541. The van der Waals surface area contributed by atoms with Crippen molar-refractivity contribution >= 4 is 28.9 Å². The van der Waals surface area contributed by atoms with Crippen LogP contribution in [0.1, 0.15) is 28.8 Å². The van der Waals surface area contributed by atoms with Crippen molar-refractivity contribution in [2.45, 2.75) is 12.1 Å². The lowest BCUT2D eigenvalue weighted by Gasteiger charge is -2.44. The molecule has 0 spiro atoms. The number of nitrogens with zero attached hydrogens (tertiary/aromatic N) is 3. The number of benzene rings is 3. The molecule has 0 amide bonds. The zero-order chi connectivity index (χ0) is 22.7. The first-order chi connectivity index (χ1) is 15.4. The second-order valence-electron chi connectivity index (χ2n) is 7.91. The molecule has 3 aromatic rings. The normalized spacial score (nSPS) is 17.7. The number of aliphatic hydroxyl groups is 1. The van der Waals surface area contributed by atoms with Crippen molar-refractivity contribution in [2.75, 3.05) is 31.1 Å². The average Bonchev–Trinajstić information content (AvgIpc) is 2.80. The third-order valence-corrected chi connectivity index (χ3v) is 6.37. The van der Waals surface area contributed by atoms with Gasteiger partial charge in [-0.25, -0.2) is 0 Å². The Morgan fingerprint density at radius 1 is 1.00 bits per heavy atom. The number of aromatic hydroxyl groups is 1. The second-order valence-corrected chi connectivity index (χ2v) is 8.75. The molecule has 1 aliphatic rings. The highest BCUT2D eigenvalue weighted by molar-refractivity contribution is 6.33. The number of rotatable bonds is 5. The molecule has 0 unspecified atom stereocenters. The van der Waals surface area contributed by atoms with Crippen LogP contribution in [0.3, 0.4) is 0 Å². The van der Waals surface area contributed by atoms with Crippen LogP contribution in [0.5, 0.6) is 5.75 Å². The summed E-state index contributed by atoms with van der Waals surface area (Å²) in [5.74, 6) is 0.131. The number of hydrogen-bond acceptors (Lipinski definition) is 5. The molecule has 0 aromatic heterocycles.